The number of piperidine rings is 1. The van der Waals surface area contributed by atoms with Gasteiger partial charge in [0.1, 0.15) is 16.9 Å². The van der Waals surface area contributed by atoms with Crippen LogP contribution in [-0.2, 0) is 10.0 Å². The van der Waals surface area contributed by atoms with Crippen LogP contribution >= 0.6 is 0 Å². The average Bonchev–Trinajstić information content (AvgIpc) is 3.58. The number of hydrogen-bond donors (Lipinski definition) is 1. The van der Waals surface area contributed by atoms with E-state index in [0.29, 0.717) is 57.9 Å². The van der Waals surface area contributed by atoms with Crippen LogP contribution < -0.4 is 9.21 Å². The molecule has 6 rings (SSSR count). The number of sulfonamides is 1. The van der Waals surface area contributed by atoms with E-state index in [0.717, 1.165) is 36.1 Å². The highest BCUT2D eigenvalue weighted by molar-refractivity contribution is 7.92. The number of aromatic nitrogens is 2. The summed E-state index contributed by atoms with van der Waals surface area (Å²) in [6.07, 6.45) is 3.10. The zero-order chi connectivity index (χ0) is 29.8. The first-order valence-corrected chi connectivity index (χ1v) is 15.9. The minimum atomic E-state index is -3.60. The number of nitrogens with one attached hydrogen (secondary N) is 1. The van der Waals surface area contributed by atoms with Crippen LogP contribution in [0.2, 0.25) is 0 Å². The molecule has 0 unspecified atom stereocenters. The van der Waals surface area contributed by atoms with Gasteiger partial charge in [-0.25, -0.2) is 17.8 Å². The van der Waals surface area contributed by atoms with Gasteiger partial charge in [0.05, 0.1) is 23.0 Å². The van der Waals surface area contributed by atoms with Crippen molar-refractivity contribution >= 4 is 49.4 Å². The summed E-state index contributed by atoms with van der Waals surface area (Å²) in [5.41, 5.74) is 5.06. The topological polar surface area (TPSA) is 99.5 Å². The summed E-state index contributed by atoms with van der Waals surface area (Å²) in [6.45, 7) is 5.08. The fraction of sp³-hybridized carbons (Fsp3) is 0.312. The minimum Gasteiger partial charge on any atom is -0.455 e. The molecule has 1 aliphatic heterocycles. The molecule has 1 saturated heterocycles. The predicted octanol–water partition coefficient (Wildman–Crippen LogP) is 6.80. The third-order valence-electron chi connectivity index (χ3n) is 8.20. The van der Waals surface area contributed by atoms with Crippen molar-refractivity contribution in [1.29, 1.82) is 0 Å². The zero-order valence-corrected chi connectivity index (χ0v) is 24.9. The molecule has 0 amide bonds. The van der Waals surface area contributed by atoms with Gasteiger partial charge in [-0.3, -0.25) is 9.10 Å². The number of aromatic amines is 1. The summed E-state index contributed by atoms with van der Waals surface area (Å²) in [5, 5.41) is 0.668. The van der Waals surface area contributed by atoms with E-state index >= 15 is 0 Å². The molecule has 2 aromatic heterocycles. The second kappa shape index (κ2) is 10.6. The lowest BCUT2D eigenvalue weighted by Crippen LogP contribution is -2.36. The number of aryl methyl sites for hydroxylation is 1. The molecule has 1 fully saturated rings. The fourth-order valence-corrected chi connectivity index (χ4v) is 6.36. The van der Waals surface area contributed by atoms with Crippen molar-refractivity contribution in [2.75, 3.05) is 35.6 Å². The zero-order valence-electron chi connectivity index (χ0n) is 24.1. The maximum Gasteiger partial charge on any atom is 0.232 e. The van der Waals surface area contributed by atoms with Crippen LogP contribution in [-0.4, -0.2) is 50.6 Å². The first kappa shape index (κ1) is 28.0. The maximum absolute atomic E-state index is 14.4. The number of benzene rings is 3. The second-order valence-corrected chi connectivity index (χ2v) is 13.1. The van der Waals surface area contributed by atoms with Gasteiger partial charge in [-0.05, 0) is 43.5 Å². The van der Waals surface area contributed by atoms with E-state index in [1.54, 1.807) is 18.2 Å². The number of para-hydroxylation sites is 1. The van der Waals surface area contributed by atoms with E-state index < -0.39 is 10.0 Å². The van der Waals surface area contributed by atoms with Gasteiger partial charge in [0.2, 0.25) is 16.0 Å². The number of imidazole rings is 1. The molecule has 0 bridgehead atoms. The van der Waals surface area contributed by atoms with Crippen LogP contribution in [0.4, 0.5) is 16.0 Å². The Morgan fingerprint density at radius 2 is 1.95 bits per heavy atom. The van der Waals surface area contributed by atoms with E-state index in [2.05, 4.69) is 14.9 Å². The molecular weight excluding hydrogens is 555 g/mol. The van der Waals surface area contributed by atoms with E-state index in [9.17, 15) is 17.6 Å². The molecule has 0 spiro atoms. The van der Waals surface area contributed by atoms with Crippen molar-refractivity contribution < 1.29 is 22.0 Å². The van der Waals surface area contributed by atoms with Gasteiger partial charge in [-0.2, -0.15) is 0 Å². The number of nitrogens with zero attached hydrogens (tertiary/aromatic N) is 3. The predicted molar refractivity (Wildman–Crippen MR) is 164 cm³/mol. The summed E-state index contributed by atoms with van der Waals surface area (Å²) in [4.78, 5) is 23.2. The molecule has 218 valence electrons. The Morgan fingerprint density at radius 3 is 2.64 bits per heavy atom. The van der Waals surface area contributed by atoms with Crippen LogP contribution in [0.15, 0.2) is 59.0 Å². The lowest BCUT2D eigenvalue weighted by molar-refractivity contribution is 0.0989. The number of anilines is 2. The number of carbonyl (C=O) groups is 1. The first-order chi connectivity index (χ1) is 20.0. The molecule has 3 aromatic carbocycles. The molecule has 0 saturated carbocycles. The summed E-state index contributed by atoms with van der Waals surface area (Å²) >= 11 is 0. The van der Waals surface area contributed by atoms with Crippen LogP contribution in [0.5, 0.6) is 0 Å². The molecule has 1 N–H and O–H groups in total. The first-order valence-electron chi connectivity index (χ1n) is 14.1. The van der Waals surface area contributed by atoms with Crippen LogP contribution in [0.25, 0.3) is 33.3 Å². The number of furan rings is 1. The van der Waals surface area contributed by atoms with Crippen LogP contribution in [0, 0.1) is 12.7 Å². The van der Waals surface area contributed by atoms with Crippen molar-refractivity contribution in [1.82, 2.24) is 9.97 Å². The van der Waals surface area contributed by atoms with Gasteiger partial charge < -0.3 is 14.3 Å². The second-order valence-electron chi connectivity index (χ2n) is 11.1. The highest BCUT2D eigenvalue weighted by Crippen LogP contribution is 2.42. The van der Waals surface area contributed by atoms with E-state index in [4.69, 9.17) is 4.42 Å². The number of H-pyrrole nitrogens is 1. The van der Waals surface area contributed by atoms with Crippen molar-refractivity contribution in [3.05, 3.63) is 77.1 Å². The molecule has 5 aromatic rings. The minimum absolute atomic E-state index is 0.0472. The summed E-state index contributed by atoms with van der Waals surface area (Å²) in [6, 6.07) is 16.3. The van der Waals surface area contributed by atoms with Gasteiger partial charge in [0.25, 0.3) is 0 Å². The Kier molecular flexibility index (Phi) is 7.04. The average molecular weight is 589 g/mol. The van der Waals surface area contributed by atoms with Crippen molar-refractivity contribution in [3.63, 3.8) is 0 Å². The number of halogens is 1. The quantitative estimate of drug-likeness (QED) is 0.210. The Bertz CT molecular complexity index is 1930. The normalized spacial score (nSPS) is 15.9. The maximum atomic E-state index is 14.4. The third-order valence-corrected chi connectivity index (χ3v) is 9.39. The summed E-state index contributed by atoms with van der Waals surface area (Å²) in [7, 11) is -2.07. The van der Waals surface area contributed by atoms with Gasteiger partial charge in [0, 0.05) is 49.5 Å². The SMILES string of the molecule is CCC(=O)c1c(-c2ccc(C)cc2)oc2cc(N(C)S(C)(=O)=O)c([C@H]3CCCN(c4nc5c(F)cccc5[nH]4)C3)cc12. The monoisotopic (exact) mass is 588 g/mol. The molecule has 3 heterocycles. The Morgan fingerprint density at radius 1 is 1.19 bits per heavy atom. The van der Waals surface area contributed by atoms with E-state index in [1.807, 2.05) is 44.2 Å². The largest absolute Gasteiger partial charge is 0.455 e. The third kappa shape index (κ3) is 4.93. The summed E-state index contributed by atoms with van der Waals surface area (Å²) in [5.74, 6) is 0.544. The fourth-order valence-electron chi connectivity index (χ4n) is 5.85. The number of hydrogen-bond acceptors (Lipinski definition) is 6. The highest BCUT2D eigenvalue weighted by Gasteiger charge is 2.31. The van der Waals surface area contributed by atoms with Gasteiger partial charge in [0.15, 0.2) is 11.6 Å². The molecule has 1 atom stereocenters. The molecule has 8 nitrogen and oxygen atoms in total. The highest BCUT2D eigenvalue weighted by atomic mass is 32.2. The molecule has 1 aliphatic rings. The van der Waals surface area contributed by atoms with Gasteiger partial charge >= 0.3 is 0 Å². The Balaban J connectivity index is 1.50. The number of ketones is 1. The van der Waals surface area contributed by atoms with Crippen LogP contribution in [0.1, 0.15) is 53.6 Å². The lowest BCUT2D eigenvalue weighted by Gasteiger charge is -2.34. The number of carbonyl (C=O) groups excluding carboxylic acids is 1. The number of Topliss-reactive ketones (excluding diaryl/α,β-unsaturated/α-hetero) is 1. The lowest BCUT2D eigenvalue weighted by atomic mass is 9.88. The Hall–Kier alpha value is -4.18. The van der Waals surface area contributed by atoms with Crippen molar-refractivity contribution in [2.45, 2.75) is 39.0 Å². The van der Waals surface area contributed by atoms with Crippen molar-refractivity contribution in [2.24, 2.45) is 0 Å². The molecular formula is C32H33FN4O4S. The number of fused-ring (bicyclic) bond motifs is 2. The van der Waals surface area contributed by atoms with Gasteiger partial charge in [-0.15, -0.1) is 0 Å². The van der Waals surface area contributed by atoms with E-state index in [1.165, 1.54) is 23.7 Å². The standard InChI is InChI=1S/C32H33FN4O4S/c1-5-27(38)29-23-16-22(21-8-7-15-37(18-21)32-34-25-10-6-9-24(33)30(25)35-32)26(36(3)42(4,39)40)17-28(23)41-31(29)20-13-11-19(2)12-14-20/h6,9-14,16-17,21H,5,7-8,15,18H2,1-4H3,(H,34,35)/t21-/m0/s1. The van der Waals surface area contributed by atoms with Crippen LogP contribution in [0.3, 0.4) is 0 Å². The molecule has 0 aliphatic carbocycles. The van der Waals surface area contributed by atoms with Gasteiger partial charge in [-0.1, -0.05) is 42.8 Å². The molecule has 10 heteroatoms. The molecule has 0 radical (unpaired) electrons. The van der Waals surface area contributed by atoms with E-state index in [-0.39, 0.29) is 17.5 Å². The Labute approximate surface area is 244 Å². The molecule has 42 heavy (non-hydrogen) atoms. The smallest absolute Gasteiger partial charge is 0.232 e. The van der Waals surface area contributed by atoms with Crippen molar-refractivity contribution in [3.8, 4) is 11.3 Å². The summed E-state index contributed by atoms with van der Waals surface area (Å²) < 4.78 is 47.5. The number of rotatable bonds is 7.